The molecule has 2 rings (SSSR count). The Bertz CT molecular complexity index is 751. The maximum atomic E-state index is 12.3. The summed E-state index contributed by atoms with van der Waals surface area (Å²) in [5.41, 5.74) is 6.44. The summed E-state index contributed by atoms with van der Waals surface area (Å²) in [4.78, 5) is 27.4. The number of carbonyl (C=O) groups is 2. The van der Waals surface area contributed by atoms with Crippen molar-refractivity contribution in [3.8, 4) is 6.07 Å². The first-order valence-electron chi connectivity index (χ1n) is 8.08. The summed E-state index contributed by atoms with van der Waals surface area (Å²) in [6.45, 7) is 4.01. The zero-order chi connectivity index (χ0) is 19.1. The lowest BCUT2D eigenvalue weighted by atomic mass is 10.2. The standard InChI is InChI=1S/C17H20ClN5O3/c1-2-26-17(25)23-7-5-22(6-8-23)11-12(10-19)16(24)21-13-3-4-15(20)14(18)9-13/h3-4,9,11H,2,5-8,20H2,1H3,(H,21,24)/b12-11-. The van der Waals surface area contributed by atoms with Crippen molar-refractivity contribution < 1.29 is 14.3 Å². The number of hydrogen-bond donors (Lipinski definition) is 2. The monoisotopic (exact) mass is 377 g/mol. The summed E-state index contributed by atoms with van der Waals surface area (Å²) in [7, 11) is 0. The third-order valence-electron chi connectivity index (χ3n) is 3.78. The fraction of sp³-hybridized carbons (Fsp3) is 0.353. The molecule has 9 heteroatoms. The number of ether oxygens (including phenoxy) is 1. The lowest BCUT2D eigenvalue weighted by Gasteiger charge is -2.33. The summed E-state index contributed by atoms with van der Waals surface area (Å²) >= 11 is 5.92. The van der Waals surface area contributed by atoms with E-state index in [0.29, 0.717) is 49.2 Å². The van der Waals surface area contributed by atoms with Crippen LogP contribution in [0.3, 0.4) is 0 Å². The van der Waals surface area contributed by atoms with Crippen LogP contribution in [-0.2, 0) is 9.53 Å². The Labute approximate surface area is 156 Å². The van der Waals surface area contributed by atoms with Crippen molar-refractivity contribution in [1.82, 2.24) is 9.80 Å². The molecule has 2 amide bonds. The largest absolute Gasteiger partial charge is 0.450 e. The van der Waals surface area contributed by atoms with E-state index in [1.807, 2.05) is 11.0 Å². The smallest absolute Gasteiger partial charge is 0.409 e. The van der Waals surface area contributed by atoms with E-state index < -0.39 is 5.91 Å². The average molecular weight is 378 g/mol. The molecule has 26 heavy (non-hydrogen) atoms. The van der Waals surface area contributed by atoms with Gasteiger partial charge in [-0.3, -0.25) is 4.79 Å². The molecule has 0 bridgehead atoms. The normalized spacial score (nSPS) is 14.6. The number of anilines is 2. The molecule has 0 spiro atoms. The van der Waals surface area contributed by atoms with Gasteiger partial charge in [0.2, 0.25) is 0 Å². The second kappa shape index (κ2) is 8.97. The molecule has 3 N–H and O–H groups in total. The van der Waals surface area contributed by atoms with Crippen molar-refractivity contribution in [1.29, 1.82) is 5.26 Å². The van der Waals surface area contributed by atoms with Gasteiger partial charge in [0.05, 0.1) is 17.3 Å². The Morgan fingerprint density at radius 3 is 2.65 bits per heavy atom. The van der Waals surface area contributed by atoms with Crippen LogP contribution in [0.5, 0.6) is 0 Å². The van der Waals surface area contributed by atoms with Gasteiger partial charge in [0, 0.05) is 38.1 Å². The minimum absolute atomic E-state index is 0.0393. The molecule has 0 aliphatic carbocycles. The Morgan fingerprint density at radius 1 is 1.38 bits per heavy atom. The first kappa shape index (κ1) is 19.4. The SMILES string of the molecule is CCOC(=O)N1CCN(/C=C(/C#N)C(=O)Nc2ccc(N)c(Cl)c2)CC1. The van der Waals surface area contributed by atoms with Crippen molar-refractivity contribution in [2.24, 2.45) is 0 Å². The van der Waals surface area contributed by atoms with Gasteiger partial charge in [-0.2, -0.15) is 5.26 Å². The number of halogens is 1. The second-order valence-corrected chi connectivity index (χ2v) is 5.97. The van der Waals surface area contributed by atoms with E-state index in [1.165, 1.54) is 12.3 Å². The number of amides is 2. The number of nitrogens with two attached hydrogens (primary N) is 1. The van der Waals surface area contributed by atoms with E-state index in [1.54, 1.807) is 24.0 Å². The molecule has 1 aliphatic rings. The Hall–Kier alpha value is -2.92. The van der Waals surface area contributed by atoms with Crippen molar-refractivity contribution in [2.45, 2.75) is 6.92 Å². The lowest BCUT2D eigenvalue weighted by molar-refractivity contribution is -0.112. The fourth-order valence-electron chi connectivity index (χ4n) is 2.37. The van der Waals surface area contributed by atoms with Gasteiger partial charge in [-0.05, 0) is 25.1 Å². The van der Waals surface area contributed by atoms with Crippen molar-refractivity contribution in [3.05, 3.63) is 35.0 Å². The minimum atomic E-state index is -0.541. The predicted molar refractivity (Wildman–Crippen MR) is 98.4 cm³/mol. The highest BCUT2D eigenvalue weighted by atomic mass is 35.5. The van der Waals surface area contributed by atoms with Gasteiger partial charge in [0.15, 0.2) is 0 Å². The summed E-state index contributed by atoms with van der Waals surface area (Å²) < 4.78 is 4.96. The summed E-state index contributed by atoms with van der Waals surface area (Å²) in [6.07, 6.45) is 1.14. The first-order chi connectivity index (χ1) is 12.4. The highest BCUT2D eigenvalue weighted by molar-refractivity contribution is 6.33. The highest BCUT2D eigenvalue weighted by Gasteiger charge is 2.21. The van der Waals surface area contributed by atoms with Gasteiger partial charge >= 0.3 is 6.09 Å². The molecule has 1 saturated heterocycles. The van der Waals surface area contributed by atoms with E-state index in [2.05, 4.69) is 5.32 Å². The Morgan fingerprint density at radius 2 is 2.08 bits per heavy atom. The molecule has 8 nitrogen and oxygen atoms in total. The summed E-state index contributed by atoms with van der Waals surface area (Å²) in [5, 5.41) is 12.2. The molecular formula is C17H20ClN5O3. The van der Waals surface area contributed by atoms with Crippen LogP contribution in [0.4, 0.5) is 16.2 Å². The van der Waals surface area contributed by atoms with Crippen LogP contribution in [0, 0.1) is 11.3 Å². The second-order valence-electron chi connectivity index (χ2n) is 5.57. The molecule has 1 heterocycles. The maximum absolute atomic E-state index is 12.3. The summed E-state index contributed by atoms with van der Waals surface area (Å²) in [6, 6.07) is 6.59. The van der Waals surface area contributed by atoms with Crippen LogP contribution in [0.15, 0.2) is 30.0 Å². The fourth-order valence-corrected chi connectivity index (χ4v) is 2.55. The molecule has 1 aromatic carbocycles. The third-order valence-corrected chi connectivity index (χ3v) is 4.10. The number of nitrogen functional groups attached to an aromatic ring is 1. The van der Waals surface area contributed by atoms with Gasteiger partial charge < -0.3 is 25.6 Å². The molecule has 0 unspecified atom stereocenters. The van der Waals surface area contributed by atoms with Gasteiger partial charge in [0.25, 0.3) is 5.91 Å². The van der Waals surface area contributed by atoms with Crippen LogP contribution in [0.25, 0.3) is 0 Å². The molecular weight excluding hydrogens is 358 g/mol. The van der Waals surface area contributed by atoms with Crippen LogP contribution in [-0.4, -0.2) is 54.6 Å². The maximum Gasteiger partial charge on any atom is 0.409 e. The van der Waals surface area contributed by atoms with E-state index in [-0.39, 0.29) is 11.7 Å². The van der Waals surface area contributed by atoms with Crippen LogP contribution < -0.4 is 11.1 Å². The lowest BCUT2D eigenvalue weighted by Crippen LogP contribution is -2.47. The molecule has 1 aliphatic heterocycles. The van der Waals surface area contributed by atoms with E-state index in [4.69, 9.17) is 22.1 Å². The molecule has 1 aromatic rings. The number of nitrogens with zero attached hydrogens (tertiary/aromatic N) is 3. The molecule has 0 atom stereocenters. The van der Waals surface area contributed by atoms with Crippen LogP contribution >= 0.6 is 11.6 Å². The van der Waals surface area contributed by atoms with Gasteiger partial charge in [-0.1, -0.05) is 11.6 Å². The van der Waals surface area contributed by atoms with Gasteiger partial charge in [0.1, 0.15) is 11.6 Å². The molecule has 138 valence electrons. The Balaban J connectivity index is 1.97. The van der Waals surface area contributed by atoms with Crippen LogP contribution in [0.1, 0.15) is 6.92 Å². The number of rotatable bonds is 4. The zero-order valence-corrected chi connectivity index (χ0v) is 15.1. The number of nitrogens with one attached hydrogen (secondary N) is 1. The van der Waals surface area contributed by atoms with E-state index >= 15 is 0 Å². The van der Waals surface area contributed by atoms with Crippen LogP contribution in [0.2, 0.25) is 5.02 Å². The summed E-state index contributed by atoms with van der Waals surface area (Å²) in [5.74, 6) is -0.541. The number of carbonyl (C=O) groups excluding carboxylic acids is 2. The quantitative estimate of drug-likeness (QED) is 0.471. The number of benzene rings is 1. The van der Waals surface area contributed by atoms with Gasteiger partial charge in [-0.15, -0.1) is 0 Å². The van der Waals surface area contributed by atoms with Crippen molar-refractivity contribution >= 4 is 35.0 Å². The number of nitriles is 1. The van der Waals surface area contributed by atoms with Crippen molar-refractivity contribution in [2.75, 3.05) is 43.8 Å². The van der Waals surface area contributed by atoms with E-state index in [9.17, 15) is 14.9 Å². The molecule has 1 fully saturated rings. The number of hydrogen-bond acceptors (Lipinski definition) is 6. The van der Waals surface area contributed by atoms with E-state index in [0.717, 1.165) is 0 Å². The first-order valence-corrected chi connectivity index (χ1v) is 8.46. The van der Waals surface area contributed by atoms with Crippen molar-refractivity contribution in [3.63, 3.8) is 0 Å². The number of piperazine rings is 1. The Kier molecular flexibility index (Phi) is 6.69. The molecule has 0 aromatic heterocycles. The highest BCUT2D eigenvalue weighted by Crippen LogP contribution is 2.22. The molecule has 0 radical (unpaired) electrons. The zero-order valence-electron chi connectivity index (χ0n) is 14.4. The predicted octanol–water partition coefficient (Wildman–Crippen LogP) is 2.04. The third kappa shape index (κ3) is 5.04. The topological polar surface area (TPSA) is 112 Å². The minimum Gasteiger partial charge on any atom is -0.450 e. The molecule has 0 saturated carbocycles. The average Bonchev–Trinajstić information content (AvgIpc) is 2.63. The van der Waals surface area contributed by atoms with Gasteiger partial charge in [-0.25, -0.2) is 4.79 Å².